The fourth-order valence-corrected chi connectivity index (χ4v) is 3.91. The molecular formula is C21H16N2O3. The number of ether oxygens (including phenoxy) is 1. The van der Waals surface area contributed by atoms with Crippen LogP contribution >= 0.6 is 0 Å². The van der Waals surface area contributed by atoms with Gasteiger partial charge in [0.05, 0.1) is 12.1 Å². The van der Waals surface area contributed by atoms with Crippen LogP contribution in [0.15, 0.2) is 65.5 Å². The van der Waals surface area contributed by atoms with Gasteiger partial charge in [0.2, 0.25) is 5.72 Å². The van der Waals surface area contributed by atoms with Crippen LogP contribution in [0.4, 0.5) is 5.69 Å². The van der Waals surface area contributed by atoms with E-state index < -0.39 is 11.7 Å². The van der Waals surface area contributed by atoms with E-state index in [0.29, 0.717) is 12.0 Å². The minimum atomic E-state index is -0.866. The van der Waals surface area contributed by atoms with Crippen LogP contribution in [0.1, 0.15) is 12.8 Å². The molecule has 128 valence electrons. The number of benzene rings is 1. The standard InChI is InChI=1S/C21H16N2O3/c24-19(25)11-14-13-22-17-6-7-18-16(20(14)17)12-15-5-4-10-23-9-3-1-2-8-21(15,23)26-18/h1-7,9-10,12-13H,8,11H2,(H,24,25). The van der Waals surface area contributed by atoms with Crippen LogP contribution in [0, 0.1) is 0 Å². The van der Waals surface area contributed by atoms with E-state index in [1.165, 1.54) is 0 Å². The highest BCUT2D eigenvalue weighted by Crippen LogP contribution is 2.39. The number of fused-ring (bicyclic) bond motifs is 3. The first kappa shape index (κ1) is 15.0. The molecule has 1 atom stereocenters. The Morgan fingerprint density at radius 3 is 3.04 bits per heavy atom. The van der Waals surface area contributed by atoms with E-state index in [1.807, 2.05) is 42.8 Å². The van der Waals surface area contributed by atoms with Crippen molar-refractivity contribution in [2.45, 2.75) is 18.6 Å². The molecule has 4 heterocycles. The lowest BCUT2D eigenvalue weighted by atomic mass is 9.90. The fourth-order valence-electron chi connectivity index (χ4n) is 3.91. The predicted octanol–water partition coefficient (Wildman–Crippen LogP) is 2.13. The van der Waals surface area contributed by atoms with E-state index in [-0.39, 0.29) is 6.42 Å². The molecule has 0 amide bonds. The zero-order valence-corrected chi connectivity index (χ0v) is 13.9. The number of rotatable bonds is 2. The highest BCUT2D eigenvalue weighted by Gasteiger charge is 2.43. The number of carbonyl (C=O) groups is 1. The molecule has 4 aliphatic rings. The summed E-state index contributed by atoms with van der Waals surface area (Å²) < 4.78 is 6.54. The summed E-state index contributed by atoms with van der Waals surface area (Å²) in [6, 6.07) is 3.82. The molecule has 0 saturated heterocycles. The minimum Gasteiger partial charge on any atom is -0.481 e. The molecule has 0 saturated carbocycles. The lowest BCUT2D eigenvalue weighted by Gasteiger charge is -2.45. The topological polar surface area (TPSA) is 62.1 Å². The highest BCUT2D eigenvalue weighted by molar-refractivity contribution is 6.11. The summed E-state index contributed by atoms with van der Waals surface area (Å²) in [6.45, 7) is 0. The number of hydrogen-bond acceptors (Lipinski definition) is 4. The molecule has 5 nitrogen and oxygen atoms in total. The fraction of sp³-hybridized carbons (Fsp3) is 0.143. The first-order chi connectivity index (χ1) is 12.7. The number of aliphatic carboxylic acids is 1. The molecule has 0 aliphatic carbocycles. The molecule has 1 unspecified atom stereocenters. The number of allylic oxidation sites excluding steroid dienone is 4. The van der Waals surface area contributed by atoms with Gasteiger partial charge in [-0.1, -0.05) is 18.2 Å². The Labute approximate surface area is 149 Å². The van der Waals surface area contributed by atoms with Crippen LogP contribution in [0.2, 0.25) is 0 Å². The Kier molecular flexibility index (Phi) is 3.06. The zero-order chi connectivity index (χ0) is 17.7. The van der Waals surface area contributed by atoms with Crippen LogP contribution in [0.3, 0.4) is 0 Å². The van der Waals surface area contributed by atoms with Gasteiger partial charge >= 0.3 is 5.97 Å². The Morgan fingerprint density at radius 1 is 1.27 bits per heavy atom. The van der Waals surface area contributed by atoms with Gasteiger partial charge in [0.25, 0.3) is 0 Å². The summed E-state index contributed by atoms with van der Waals surface area (Å²) in [6.07, 6.45) is 18.6. The molecule has 4 aliphatic heterocycles. The highest BCUT2D eigenvalue weighted by atomic mass is 16.5. The molecule has 0 aromatic heterocycles. The average molecular weight is 344 g/mol. The SMILES string of the molecule is O=C(O)CC1=c2c(ccc3c2=CC2=CC=CN4C=CC=CCC24O3)N=C1. The quantitative estimate of drug-likeness (QED) is 0.893. The maximum absolute atomic E-state index is 11.2. The lowest BCUT2D eigenvalue weighted by molar-refractivity contribution is -0.135. The molecule has 0 fully saturated rings. The van der Waals surface area contributed by atoms with Crippen molar-refractivity contribution in [1.82, 2.24) is 4.90 Å². The number of carboxylic acids is 1. The lowest BCUT2D eigenvalue weighted by Crippen LogP contribution is -2.54. The summed E-state index contributed by atoms with van der Waals surface area (Å²) in [4.78, 5) is 17.7. The summed E-state index contributed by atoms with van der Waals surface area (Å²) in [7, 11) is 0. The van der Waals surface area contributed by atoms with Gasteiger partial charge in [0, 0.05) is 41.0 Å². The van der Waals surface area contributed by atoms with Gasteiger partial charge in [0.15, 0.2) is 0 Å². The van der Waals surface area contributed by atoms with Crippen molar-refractivity contribution in [2.24, 2.45) is 4.99 Å². The third-order valence-electron chi connectivity index (χ3n) is 5.06. The summed E-state index contributed by atoms with van der Waals surface area (Å²) in [5.41, 5.74) is 1.94. The Morgan fingerprint density at radius 2 is 2.15 bits per heavy atom. The van der Waals surface area contributed by atoms with Crippen molar-refractivity contribution in [3.8, 4) is 5.75 Å². The van der Waals surface area contributed by atoms with E-state index in [9.17, 15) is 9.90 Å². The largest absolute Gasteiger partial charge is 0.481 e. The Hall–Kier alpha value is -3.34. The van der Waals surface area contributed by atoms with Crippen LogP contribution in [0.25, 0.3) is 11.6 Å². The zero-order valence-electron chi connectivity index (χ0n) is 13.9. The molecule has 1 aromatic rings. The molecule has 1 N–H and O–H groups in total. The molecule has 0 bridgehead atoms. The maximum Gasteiger partial charge on any atom is 0.307 e. The van der Waals surface area contributed by atoms with E-state index >= 15 is 0 Å². The average Bonchev–Trinajstić information content (AvgIpc) is 2.90. The molecular weight excluding hydrogens is 328 g/mol. The number of aliphatic imine (C=N–C) groups is 1. The van der Waals surface area contributed by atoms with Crippen LogP contribution in [-0.4, -0.2) is 27.9 Å². The summed E-state index contributed by atoms with van der Waals surface area (Å²) in [5.74, 6) is -0.117. The molecule has 26 heavy (non-hydrogen) atoms. The minimum absolute atomic E-state index is 0.0531. The maximum atomic E-state index is 11.2. The van der Waals surface area contributed by atoms with Crippen LogP contribution < -0.4 is 15.2 Å². The molecule has 1 aromatic carbocycles. The molecule has 5 heteroatoms. The van der Waals surface area contributed by atoms with Crippen molar-refractivity contribution < 1.29 is 14.6 Å². The summed E-state index contributed by atoms with van der Waals surface area (Å²) >= 11 is 0. The third kappa shape index (κ3) is 2.03. The second kappa shape index (κ2) is 5.33. The van der Waals surface area contributed by atoms with Gasteiger partial charge in [-0.15, -0.1) is 0 Å². The van der Waals surface area contributed by atoms with Gasteiger partial charge < -0.3 is 14.7 Å². The first-order valence-electron chi connectivity index (χ1n) is 8.51. The van der Waals surface area contributed by atoms with Crippen LogP contribution in [0.5, 0.6) is 5.75 Å². The first-order valence-corrected chi connectivity index (χ1v) is 8.51. The van der Waals surface area contributed by atoms with E-state index in [0.717, 1.165) is 27.4 Å². The number of hydrogen-bond donors (Lipinski definition) is 1. The van der Waals surface area contributed by atoms with E-state index in [4.69, 9.17) is 4.74 Å². The van der Waals surface area contributed by atoms with E-state index in [1.54, 1.807) is 6.21 Å². The van der Waals surface area contributed by atoms with Crippen molar-refractivity contribution in [2.75, 3.05) is 0 Å². The van der Waals surface area contributed by atoms with Gasteiger partial charge in [-0.05, 0) is 35.9 Å². The van der Waals surface area contributed by atoms with Crippen molar-refractivity contribution >= 4 is 29.5 Å². The number of nitrogens with zero attached hydrogens (tertiary/aromatic N) is 2. The van der Waals surface area contributed by atoms with E-state index in [2.05, 4.69) is 28.1 Å². The monoisotopic (exact) mass is 344 g/mol. The molecule has 0 radical (unpaired) electrons. The van der Waals surface area contributed by atoms with Crippen molar-refractivity contribution in [3.05, 3.63) is 70.9 Å². The third-order valence-corrected chi connectivity index (χ3v) is 5.06. The summed E-state index contributed by atoms with van der Waals surface area (Å²) in [5, 5.41) is 11.0. The van der Waals surface area contributed by atoms with Crippen molar-refractivity contribution in [1.29, 1.82) is 0 Å². The second-order valence-electron chi connectivity index (χ2n) is 6.60. The van der Waals surface area contributed by atoms with Crippen molar-refractivity contribution in [3.63, 3.8) is 0 Å². The van der Waals surface area contributed by atoms with Gasteiger partial charge in [-0.2, -0.15) is 0 Å². The smallest absolute Gasteiger partial charge is 0.307 e. The predicted molar refractivity (Wildman–Crippen MR) is 99.3 cm³/mol. The molecule has 5 rings (SSSR count). The second-order valence-corrected chi connectivity index (χ2v) is 6.60. The number of carboxylic acid groups (broad SMARTS) is 1. The van der Waals surface area contributed by atoms with Gasteiger partial charge in [0.1, 0.15) is 5.75 Å². The van der Waals surface area contributed by atoms with Gasteiger partial charge in [-0.3, -0.25) is 9.79 Å². The van der Waals surface area contributed by atoms with Gasteiger partial charge in [-0.25, -0.2) is 0 Å². The molecule has 1 spiro atoms. The van der Waals surface area contributed by atoms with Crippen LogP contribution in [-0.2, 0) is 4.79 Å². The Bertz CT molecular complexity index is 1100. The Balaban J connectivity index is 1.76. The normalized spacial score (nSPS) is 23.9.